The van der Waals surface area contributed by atoms with Crippen molar-refractivity contribution in [3.63, 3.8) is 0 Å². The maximum absolute atomic E-state index is 11.6. The van der Waals surface area contributed by atoms with Crippen LogP contribution in [0.2, 0.25) is 5.02 Å². The number of nitrogens with zero attached hydrogens (tertiary/aromatic N) is 1. The Labute approximate surface area is 117 Å². The van der Waals surface area contributed by atoms with E-state index in [1.807, 2.05) is 30.5 Å². The van der Waals surface area contributed by atoms with E-state index >= 15 is 0 Å². The summed E-state index contributed by atoms with van der Waals surface area (Å²) in [6.07, 6.45) is 2.79. The van der Waals surface area contributed by atoms with Crippen molar-refractivity contribution in [2.75, 3.05) is 5.32 Å². The third-order valence-corrected chi connectivity index (χ3v) is 3.26. The fourth-order valence-electron chi connectivity index (χ4n) is 1.89. The second-order valence-corrected chi connectivity index (χ2v) is 4.80. The van der Waals surface area contributed by atoms with Crippen molar-refractivity contribution in [3.05, 3.63) is 63.5 Å². The highest BCUT2D eigenvalue weighted by atomic mass is 35.5. The highest BCUT2D eigenvalue weighted by molar-refractivity contribution is 6.31. The number of hydrogen-bond donors (Lipinski definition) is 1. The minimum Gasteiger partial charge on any atom is -0.380 e. The number of nitrogens with one attached hydrogen (secondary N) is 1. The van der Waals surface area contributed by atoms with Crippen molar-refractivity contribution >= 4 is 17.3 Å². The first-order chi connectivity index (χ1) is 9.20. The van der Waals surface area contributed by atoms with E-state index in [-0.39, 0.29) is 5.56 Å². The van der Waals surface area contributed by atoms with Crippen LogP contribution in [0.3, 0.4) is 0 Å². The number of halogens is 1. The van der Waals surface area contributed by atoms with Crippen LogP contribution in [0.25, 0.3) is 0 Å². The van der Waals surface area contributed by atoms with Gasteiger partial charge in [-0.1, -0.05) is 36.7 Å². The number of benzene rings is 1. The van der Waals surface area contributed by atoms with Gasteiger partial charge >= 0.3 is 0 Å². The van der Waals surface area contributed by atoms with E-state index in [1.165, 1.54) is 0 Å². The van der Waals surface area contributed by atoms with Gasteiger partial charge in [0.05, 0.1) is 5.69 Å². The van der Waals surface area contributed by atoms with Crippen LogP contribution in [0.15, 0.2) is 47.4 Å². The number of rotatable bonds is 5. The Morgan fingerprint density at radius 1 is 1.21 bits per heavy atom. The Morgan fingerprint density at radius 2 is 2.00 bits per heavy atom. The number of aryl methyl sites for hydroxylation is 1. The number of hydrogen-bond acceptors (Lipinski definition) is 2. The third kappa shape index (κ3) is 3.61. The van der Waals surface area contributed by atoms with Crippen LogP contribution in [0.4, 0.5) is 5.69 Å². The van der Waals surface area contributed by atoms with E-state index in [4.69, 9.17) is 11.6 Å². The van der Waals surface area contributed by atoms with Crippen LogP contribution in [0.1, 0.15) is 18.9 Å². The first-order valence-corrected chi connectivity index (χ1v) is 6.76. The van der Waals surface area contributed by atoms with Gasteiger partial charge in [0, 0.05) is 30.4 Å². The van der Waals surface area contributed by atoms with Crippen molar-refractivity contribution in [1.82, 2.24) is 4.57 Å². The minimum atomic E-state index is 0.0325. The second-order valence-electron chi connectivity index (χ2n) is 4.39. The van der Waals surface area contributed by atoms with E-state index in [1.54, 1.807) is 16.7 Å². The molecule has 0 spiro atoms. The van der Waals surface area contributed by atoms with Crippen LogP contribution in [0, 0.1) is 0 Å². The van der Waals surface area contributed by atoms with Gasteiger partial charge in [-0.25, -0.2) is 0 Å². The summed E-state index contributed by atoms with van der Waals surface area (Å²) in [6.45, 7) is 3.43. The molecule has 0 unspecified atom stereocenters. The van der Waals surface area contributed by atoms with Crippen molar-refractivity contribution in [3.8, 4) is 0 Å². The molecule has 0 radical (unpaired) electrons. The normalized spacial score (nSPS) is 10.4. The van der Waals surface area contributed by atoms with Gasteiger partial charge in [0.15, 0.2) is 0 Å². The average Bonchev–Trinajstić information content (AvgIpc) is 2.41. The van der Waals surface area contributed by atoms with E-state index < -0.39 is 0 Å². The zero-order chi connectivity index (χ0) is 13.7. The fraction of sp³-hybridized carbons (Fsp3) is 0.267. The maximum atomic E-state index is 11.6. The van der Waals surface area contributed by atoms with E-state index in [2.05, 4.69) is 12.2 Å². The van der Waals surface area contributed by atoms with E-state index in [0.29, 0.717) is 6.54 Å². The standard InChI is InChI=1S/C15H17ClN2O/c1-2-9-18-11-13(7-8-15(18)19)17-10-12-5-3-4-6-14(12)16/h3-8,11,17H,2,9-10H2,1H3. The Kier molecular flexibility index (Phi) is 4.63. The third-order valence-electron chi connectivity index (χ3n) is 2.89. The summed E-state index contributed by atoms with van der Waals surface area (Å²) >= 11 is 6.10. The van der Waals surface area contributed by atoms with Crippen molar-refractivity contribution < 1.29 is 0 Å². The zero-order valence-corrected chi connectivity index (χ0v) is 11.7. The smallest absolute Gasteiger partial charge is 0.250 e. The lowest BCUT2D eigenvalue weighted by molar-refractivity contribution is 0.655. The van der Waals surface area contributed by atoms with Crippen LogP contribution in [0.5, 0.6) is 0 Å². The van der Waals surface area contributed by atoms with Crippen LogP contribution < -0.4 is 10.9 Å². The molecule has 1 aromatic heterocycles. The molecule has 1 aromatic carbocycles. The molecule has 1 N–H and O–H groups in total. The summed E-state index contributed by atoms with van der Waals surface area (Å²) < 4.78 is 1.72. The quantitative estimate of drug-likeness (QED) is 0.907. The van der Waals surface area contributed by atoms with Gasteiger partial charge in [-0.2, -0.15) is 0 Å². The molecule has 2 aromatic rings. The lowest BCUT2D eigenvalue weighted by Gasteiger charge is -2.10. The number of anilines is 1. The highest BCUT2D eigenvalue weighted by Crippen LogP contribution is 2.16. The monoisotopic (exact) mass is 276 g/mol. The number of pyridine rings is 1. The lowest BCUT2D eigenvalue weighted by Crippen LogP contribution is -2.18. The largest absolute Gasteiger partial charge is 0.380 e. The zero-order valence-electron chi connectivity index (χ0n) is 10.9. The lowest BCUT2D eigenvalue weighted by atomic mass is 10.2. The molecule has 100 valence electrons. The molecule has 0 saturated heterocycles. The molecule has 3 nitrogen and oxygen atoms in total. The SMILES string of the molecule is CCCn1cc(NCc2ccccc2Cl)ccc1=O. The minimum absolute atomic E-state index is 0.0325. The molecule has 0 bridgehead atoms. The molecular weight excluding hydrogens is 260 g/mol. The molecule has 19 heavy (non-hydrogen) atoms. The van der Waals surface area contributed by atoms with Gasteiger partial charge in [0.1, 0.15) is 0 Å². The molecule has 0 aliphatic carbocycles. The van der Waals surface area contributed by atoms with Crippen LogP contribution in [-0.4, -0.2) is 4.57 Å². The molecule has 0 saturated carbocycles. The molecule has 1 heterocycles. The first kappa shape index (κ1) is 13.7. The van der Waals surface area contributed by atoms with Gasteiger partial charge < -0.3 is 9.88 Å². The predicted octanol–water partition coefficient (Wildman–Crippen LogP) is 3.52. The molecular formula is C15H17ClN2O. The van der Waals surface area contributed by atoms with Crippen molar-refractivity contribution in [1.29, 1.82) is 0 Å². The summed E-state index contributed by atoms with van der Waals surface area (Å²) in [6, 6.07) is 11.1. The first-order valence-electron chi connectivity index (χ1n) is 6.38. The fourth-order valence-corrected chi connectivity index (χ4v) is 2.09. The molecule has 0 atom stereocenters. The van der Waals surface area contributed by atoms with Gasteiger partial charge in [0.2, 0.25) is 0 Å². The van der Waals surface area contributed by atoms with E-state index in [0.717, 1.165) is 29.2 Å². The Morgan fingerprint density at radius 3 is 2.74 bits per heavy atom. The maximum Gasteiger partial charge on any atom is 0.250 e. The molecule has 0 aliphatic heterocycles. The van der Waals surface area contributed by atoms with Gasteiger partial charge in [-0.05, 0) is 24.1 Å². The Bertz CT molecular complexity index is 607. The van der Waals surface area contributed by atoms with Gasteiger partial charge in [-0.3, -0.25) is 4.79 Å². The van der Waals surface area contributed by atoms with Crippen LogP contribution in [-0.2, 0) is 13.1 Å². The summed E-state index contributed by atoms with van der Waals surface area (Å²) in [5, 5.41) is 4.03. The molecule has 0 fully saturated rings. The molecule has 0 aliphatic rings. The summed E-state index contributed by atoms with van der Waals surface area (Å²) in [5.74, 6) is 0. The van der Waals surface area contributed by atoms with Crippen molar-refractivity contribution in [2.45, 2.75) is 26.4 Å². The average molecular weight is 277 g/mol. The van der Waals surface area contributed by atoms with Gasteiger partial charge in [0.25, 0.3) is 5.56 Å². The van der Waals surface area contributed by atoms with E-state index in [9.17, 15) is 4.79 Å². The second kappa shape index (κ2) is 6.43. The topological polar surface area (TPSA) is 34.0 Å². The summed E-state index contributed by atoms with van der Waals surface area (Å²) in [5.41, 5.74) is 2.00. The Hall–Kier alpha value is -1.74. The van der Waals surface area contributed by atoms with Crippen molar-refractivity contribution in [2.24, 2.45) is 0 Å². The number of aromatic nitrogens is 1. The molecule has 2 rings (SSSR count). The predicted molar refractivity (Wildman–Crippen MR) is 79.8 cm³/mol. The summed E-state index contributed by atoms with van der Waals surface area (Å²) in [4.78, 5) is 11.6. The summed E-state index contributed by atoms with van der Waals surface area (Å²) in [7, 11) is 0. The molecule has 4 heteroatoms. The van der Waals surface area contributed by atoms with Gasteiger partial charge in [-0.15, -0.1) is 0 Å². The highest BCUT2D eigenvalue weighted by Gasteiger charge is 2.00. The Balaban J connectivity index is 2.10. The molecule has 0 amide bonds. The van der Waals surface area contributed by atoms with Crippen LogP contribution >= 0.6 is 11.6 Å².